The average Bonchev–Trinajstić information content (AvgIpc) is 2.90. The molecule has 0 aliphatic heterocycles. The van der Waals surface area contributed by atoms with Crippen LogP contribution in [0.5, 0.6) is 0 Å². The molecule has 0 fully saturated rings. The van der Waals surface area contributed by atoms with Gasteiger partial charge in [0.2, 0.25) is 0 Å². The van der Waals surface area contributed by atoms with Gasteiger partial charge in [0.1, 0.15) is 11.9 Å². The van der Waals surface area contributed by atoms with E-state index in [0.29, 0.717) is 11.4 Å². The standard InChI is InChI=1S/C13H17N4O4S2/c1-4-20-23(18,19)21-17(3)12-7-5-11(6-8-12)14-15-13-16(2)9-10-22-13/h5-10H,4H2,1-3H3/q+1. The van der Waals surface area contributed by atoms with Gasteiger partial charge in [0.25, 0.3) is 0 Å². The van der Waals surface area contributed by atoms with Crippen molar-refractivity contribution in [3.8, 4) is 0 Å². The zero-order chi connectivity index (χ0) is 16.9. The Morgan fingerprint density at radius 2 is 1.96 bits per heavy atom. The van der Waals surface area contributed by atoms with E-state index in [2.05, 4.69) is 14.4 Å². The minimum atomic E-state index is -4.05. The number of nitrogens with zero attached hydrogens (tertiary/aromatic N) is 4. The zero-order valence-electron chi connectivity index (χ0n) is 12.9. The van der Waals surface area contributed by atoms with Gasteiger partial charge in [-0.2, -0.15) is 8.42 Å². The Labute approximate surface area is 138 Å². The summed E-state index contributed by atoms with van der Waals surface area (Å²) in [6.45, 7) is 1.57. The number of aromatic nitrogens is 1. The lowest BCUT2D eigenvalue weighted by molar-refractivity contribution is -0.654. The van der Waals surface area contributed by atoms with Crippen LogP contribution in [-0.2, 0) is 25.9 Å². The first-order chi connectivity index (χ1) is 10.9. The largest absolute Gasteiger partial charge is 0.421 e. The lowest BCUT2D eigenvalue weighted by Crippen LogP contribution is -2.24. The van der Waals surface area contributed by atoms with Gasteiger partial charge in [-0.05, 0) is 47.6 Å². The summed E-state index contributed by atoms with van der Waals surface area (Å²) < 4.78 is 34.0. The Kier molecular flexibility index (Phi) is 5.77. The number of aryl methyl sites for hydroxylation is 1. The van der Waals surface area contributed by atoms with Crippen molar-refractivity contribution in [3.05, 3.63) is 35.8 Å². The number of rotatable bonds is 7. The van der Waals surface area contributed by atoms with E-state index in [4.69, 9.17) is 4.28 Å². The van der Waals surface area contributed by atoms with Crippen molar-refractivity contribution in [2.24, 2.45) is 17.3 Å². The molecule has 1 aromatic heterocycles. The third-order valence-corrected chi connectivity index (χ3v) is 4.46. The fourth-order valence-corrected chi connectivity index (χ4v) is 2.97. The second-order valence-electron chi connectivity index (χ2n) is 4.40. The van der Waals surface area contributed by atoms with Gasteiger partial charge in [0.05, 0.1) is 24.5 Å². The number of hydrogen-bond donors (Lipinski definition) is 0. The van der Waals surface area contributed by atoms with Gasteiger partial charge < -0.3 is 0 Å². The minimum Gasteiger partial charge on any atom is -0.247 e. The molecular weight excluding hydrogens is 340 g/mol. The quantitative estimate of drug-likeness (QED) is 0.432. The molecule has 23 heavy (non-hydrogen) atoms. The Balaban J connectivity index is 2.04. The normalized spacial score (nSPS) is 12.0. The highest BCUT2D eigenvalue weighted by molar-refractivity contribution is 7.81. The SMILES string of the molecule is CCOS(=O)(=O)ON(C)c1ccc(N=Nc2scc[n+]2C)cc1. The fourth-order valence-electron chi connectivity index (χ4n) is 1.60. The maximum Gasteiger partial charge on any atom is 0.421 e. The van der Waals surface area contributed by atoms with E-state index in [1.165, 1.54) is 18.4 Å². The number of hydrogen-bond acceptors (Lipinski definition) is 8. The Bertz CT molecular complexity index is 772. The number of thiazole rings is 1. The third-order valence-electron chi connectivity index (χ3n) is 2.69. The summed E-state index contributed by atoms with van der Waals surface area (Å²) in [5.74, 6) is 0. The molecule has 0 amide bonds. The lowest BCUT2D eigenvalue weighted by atomic mass is 10.3. The second-order valence-corrected chi connectivity index (χ2v) is 6.47. The van der Waals surface area contributed by atoms with E-state index in [0.717, 1.165) is 10.2 Å². The predicted molar refractivity (Wildman–Crippen MR) is 86.1 cm³/mol. The van der Waals surface area contributed by atoms with Gasteiger partial charge in [-0.1, -0.05) is 0 Å². The van der Waals surface area contributed by atoms with E-state index >= 15 is 0 Å². The van der Waals surface area contributed by atoms with Crippen LogP contribution in [0.2, 0.25) is 0 Å². The summed E-state index contributed by atoms with van der Waals surface area (Å²) in [5.41, 5.74) is 1.18. The van der Waals surface area contributed by atoms with E-state index in [-0.39, 0.29) is 6.61 Å². The van der Waals surface area contributed by atoms with Gasteiger partial charge in [-0.25, -0.2) is 13.8 Å². The van der Waals surface area contributed by atoms with Crippen LogP contribution < -0.4 is 9.63 Å². The molecule has 0 aliphatic rings. The second kappa shape index (κ2) is 7.59. The molecule has 0 bridgehead atoms. The molecule has 0 unspecified atom stereocenters. The zero-order valence-corrected chi connectivity index (χ0v) is 14.5. The Morgan fingerprint density at radius 3 is 2.52 bits per heavy atom. The van der Waals surface area contributed by atoms with Crippen molar-refractivity contribution in [3.63, 3.8) is 0 Å². The Hall–Kier alpha value is -1.88. The molecule has 1 heterocycles. The van der Waals surface area contributed by atoms with Crippen LogP contribution in [0.3, 0.4) is 0 Å². The van der Waals surface area contributed by atoms with Crippen LogP contribution in [-0.4, -0.2) is 22.1 Å². The van der Waals surface area contributed by atoms with Crippen molar-refractivity contribution in [2.45, 2.75) is 6.92 Å². The molecule has 0 saturated carbocycles. The monoisotopic (exact) mass is 357 g/mol. The molecule has 8 nitrogen and oxygen atoms in total. The lowest BCUT2D eigenvalue weighted by Gasteiger charge is -2.17. The summed E-state index contributed by atoms with van der Waals surface area (Å²) in [7, 11) is -0.692. The first-order valence-corrected chi connectivity index (χ1v) is 8.90. The molecule has 0 saturated heterocycles. The van der Waals surface area contributed by atoms with Crippen LogP contribution >= 0.6 is 11.3 Å². The van der Waals surface area contributed by atoms with Crippen LogP contribution in [0.15, 0.2) is 46.1 Å². The van der Waals surface area contributed by atoms with Gasteiger partial charge >= 0.3 is 15.5 Å². The van der Waals surface area contributed by atoms with Crippen LogP contribution in [0.1, 0.15) is 6.92 Å². The van der Waals surface area contributed by atoms with Crippen molar-refractivity contribution in [1.82, 2.24) is 0 Å². The molecule has 2 aromatic rings. The van der Waals surface area contributed by atoms with Crippen LogP contribution in [0.25, 0.3) is 0 Å². The third kappa shape index (κ3) is 5.06. The topological polar surface area (TPSA) is 84.4 Å². The molecule has 0 radical (unpaired) electrons. The van der Waals surface area contributed by atoms with E-state index in [9.17, 15) is 8.42 Å². The molecule has 124 valence electrons. The van der Waals surface area contributed by atoms with Crippen molar-refractivity contribution >= 4 is 38.2 Å². The summed E-state index contributed by atoms with van der Waals surface area (Å²) in [5, 5.41) is 12.1. The molecule has 2 rings (SSSR count). The maximum absolute atomic E-state index is 11.4. The Morgan fingerprint density at radius 1 is 1.26 bits per heavy atom. The van der Waals surface area contributed by atoms with E-state index < -0.39 is 10.4 Å². The first kappa shape index (κ1) is 17.5. The van der Waals surface area contributed by atoms with Crippen LogP contribution in [0, 0.1) is 0 Å². The summed E-state index contributed by atoms with van der Waals surface area (Å²) >= 11 is 1.48. The molecule has 0 atom stereocenters. The number of azo groups is 1. The molecule has 0 spiro atoms. The minimum absolute atomic E-state index is 0.00957. The molecular formula is C13H17N4O4S2+. The van der Waals surface area contributed by atoms with Gasteiger partial charge in [0.15, 0.2) is 0 Å². The summed E-state index contributed by atoms with van der Waals surface area (Å²) in [6.07, 6.45) is 1.90. The highest BCUT2D eigenvalue weighted by atomic mass is 32.3. The molecule has 0 aliphatic carbocycles. The average molecular weight is 357 g/mol. The molecule has 0 N–H and O–H groups in total. The van der Waals surface area contributed by atoms with Gasteiger partial charge in [0, 0.05) is 12.4 Å². The number of hydroxylamine groups is 1. The first-order valence-electron chi connectivity index (χ1n) is 6.69. The van der Waals surface area contributed by atoms with E-state index in [1.807, 2.05) is 23.2 Å². The highest BCUT2D eigenvalue weighted by Gasteiger charge is 2.15. The highest BCUT2D eigenvalue weighted by Crippen LogP contribution is 2.22. The van der Waals surface area contributed by atoms with Gasteiger partial charge in [-0.3, -0.25) is 0 Å². The van der Waals surface area contributed by atoms with Crippen LogP contribution in [0.4, 0.5) is 16.5 Å². The molecule has 10 heteroatoms. The van der Waals surface area contributed by atoms with Gasteiger partial charge in [-0.15, -0.1) is 4.28 Å². The summed E-state index contributed by atoms with van der Waals surface area (Å²) in [6, 6.07) is 6.76. The number of anilines is 1. The fraction of sp³-hybridized carbons (Fsp3) is 0.308. The predicted octanol–water partition coefficient (Wildman–Crippen LogP) is 2.64. The van der Waals surface area contributed by atoms with Crippen molar-refractivity contribution in [1.29, 1.82) is 0 Å². The van der Waals surface area contributed by atoms with E-state index in [1.54, 1.807) is 31.2 Å². The maximum atomic E-state index is 11.4. The van der Waals surface area contributed by atoms with Crippen molar-refractivity contribution < 1.29 is 21.5 Å². The smallest absolute Gasteiger partial charge is 0.247 e. The molecule has 1 aromatic carbocycles. The summed E-state index contributed by atoms with van der Waals surface area (Å²) in [4.78, 5) is 0. The van der Waals surface area contributed by atoms with Crippen molar-refractivity contribution in [2.75, 3.05) is 18.7 Å². The number of benzene rings is 1.